The van der Waals surface area contributed by atoms with Gasteiger partial charge in [-0.25, -0.2) is 0 Å². The molecule has 0 bridgehead atoms. The Balaban J connectivity index is 2.02. The van der Waals surface area contributed by atoms with Crippen molar-refractivity contribution in [3.05, 3.63) is 65.7 Å². The minimum Gasteiger partial charge on any atom is -0.508 e. The Labute approximate surface area is 427 Å². The smallest absolute Gasteiger partial charge is 0.322 e. The SMILES string of the molecule is C[C@@H](CC(=O)N[C@@H](CCCN=C(N)N)C(=O)NCC(=O)O)C(=O)[C@@H]1CSSC[C@@H](N)C(=O)N[C@H](Cc2ccc(O)cc2)C(=O)N[C@@H](Cc2ccccc2)C(=O)N[C@H](CCC(N)=O)C(=O)N[C@@H](CC(N)=O)C(=O)N1. The monoisotopic (exact) mass is 1060 g/mol. The van der Waals surface area contributed by atoms with Crippen molar-refractivity contribution in [1.29, 1.82) is 0 Å². The Morgan fingerprint density at radius 3 is 1.86 bits per heavy atom. The number of nitrogens with zero attached hydrogens (tertiary/aromatic N) is 1. The zero-order valence-corrected chi connectivity index (χ0v) is 41.5. The van der Waals surface area contributed by atoms with Gasteiger partial charge >= 0.3 is 5.97 Å². The number of ketones is 1. The van der Waals surface area contributed by atoms with Gasteiger partial charge in [0.05, 0.1) is 18.5 Å². The van der Waals surface area contributed by atoms with Gasteiger partial charge in [-0.3, -0.25) is 57.7 Å². The van der Waals surface area contributed by atoms with Crippen LogP contribution in [0.1, 0.15) is 56.6 Å². The third-order valence-corrected chi connectivity index (χ3v) is 13.3. The van der Waals surface area contributed by atoms with Crippen LogP contribution < -0.4 is 65.9 Å². The number of nitrogens with two attached hydrogens (primary N) is 5. The summed E-state index contributed by atoms with van der Waals surface area (Å²) in [6.45, 7) is 0.663. The van der Waals surface area contributed by atoms with Crippen LogP contribution in [-0.2, 0) is 65.6 Å². The first-order valence-electron chi connectivity index (χ1n) is 22.8. The number of nitrogens with one attached hydrogen (secondary N) is 7. The Bertz CT molecular complexity index is 2320. The van der Waals surface area contributed by atoms with Crippen LogP contribution in [0, 0.1) is 5.92 Å². The van der Waals surface area contributed by atoms with Gasteiger partial charge in [0.25, 0.3) is 0 Å². The van der Waals surface area contributed by atoms with Crippen LogP contribution in [0.5, 0.6) is 5.75 Å². The maximum atomic E-state index is 14.2. The minimum absolute atomic E-state index is 0.0381. The van der Waals surface area contributed by atoms with Crippen LogP contribution >= 0.6 is 21.6 Å². The fourth-order valence-corrected chi connectivity index (χ4v) is 9.31. The third-order valence-electron chi connectivity index (χ3n) is 10.8. The van der Waals surface area contributed by atoms with Crippen molar-refractivity contribution in [2.75, 3.05) is 24.6 Å². The Kier molecular flexibility index (Phi) is 24.9. The molecule has 9 amide bonds. The van der Waals surface area contributed by atoms with Crippen molar-refractivity contribution in [3.63, 3.8) is 0 Å². The molecule has 1 aliphatic rings. The summed E-state index contributed by atoms with van der Waals surface area (Å²) in [5.74, 6) is -12.4. The second-order valence-corrected chi connectivity index (χ2v) is 19.5. The molecule has 19 N–H and O–H groups in total. The summed E-state index contributed by atoms with van der Waals surface area (Å²) in [6.07, 6.45) is -2.45. The van der Waals surface area contributed by atoms with Crippen LogP contribution in [-0.4, -0.2) is 148 Å². The molecular weight excluding hydrogens is 995 g/mol. The lowest BCUT2D eigenvalue weighted by Gasteiger charge is -2.28. The van der Waals surface area contributed by atoms with Crippen LogP contribution in [0.3, 0.4) is 0 Å². The maximum absolute atomic E-state index is 14.2. The Morgan fingerprint density at radius 2 is 1.27 bits per heavy atom. The lowest BCUT2D eigenvalue weighted by atomic mass is 9.96. The maximum Gasteiger partial charge on any atom is 0.322 e. The van der Waals surface area contributed by atoms with Gasteiger partial charge in [-0.05, 0) is 42.5 Å². The molecule has 3 rings (SSSR count). The van der Waals surface area contributed by atoms with Crippen molar-refractivity contribution in [2.45, 2.75) is 101 Å². The number of carboxylic acids is 1. The van der Waals surface area contributed by atoms with Crippen LogP contribution in [0.15, 0.2) is 59.6 Å². The van der Waals surface area contributed by atoms with Crippen LogP contribution in [0.4, 0.5) is 0 Å². The highest BCUT2D eigenvalue weighted by Crippen LogP contribution is 2.25. The molecule has 0 aromatic heterocycles. The number of hydrogen-bond acceptors (Lipinski definition) is 16. The topological polar surface area (TPSA) is 455 Å². The zero-order chi connectivity index (χ0) is 54.2. The Morgan fingerprint density at radius 1 is 0.726 bits per heavy atom. The first-order chi connectivity index (χ1) is 34.5. The molecule has 0 saturated carbocycles. The lowest BCUT2D eigenvalue weighted by molar-refractivity contribution is -0.138. The molecule has 0 spiro atoms. The lowest BCUT2D eigenvalue weighted by Crippen LogP contribution is -2.60. The average Bonchev–Trinajstić information content (AvgIpc) is 3.32. The van der Waals surface area contributed by atoms with Crippen molar-refractivity contribution in [3.8, 4) is 5.75 Å². The number of amides is 9. The van der Waals surface area contributed by atoms with Crippen molar-refractivity contribution in [2.24, 2.45) is 39.6 Å². The summed E-state index contributed by atoms with van der Waals surface area (Å²) in [6, 6.07) is 3.92. The summed E-state index contributed by atoms with van der Waals surface area (Å²) >= 11 is 0. The minimum atomic E-state index is -1.79. The van der Waals surface area contributed by atoms with Gasteiger partial charge in [0.15, 0.2) is 11.7 Å². The van der Waals surface area contributed by atoms with Gasteiger partial charge in [0.1, 0.15) is 42.5 Å². The van der Waals surface area contributed by atoms with E-state index >= 15 is 0 Å². The predicted octanol–water partition coefficient (Wildman–Crippen LogP) is -4.20. The van der Waals surface area contributed by atoms with Crippen molar-refractivity contribution < 1.29 is 63.0 Å². The van der Waals surface area contributed by atoms with E-state index in [0.29, 0.717) is 11.1 Å². The number of hydrogen-bond donors (Lipinski definition) is 14. The molecule has 28 heteroatoms. The highest BCUT2D eigenvalue weighted by molar-refractivity contribution is 8.76. The third kappa shape index (κ3) is 22.2. The fourth-order valence-electron chi connectivity index (χ4n) is 7.01. The van der Waals surface area contributed by atoms with E-state index in [2.05, 4.69) is 42.2 Å². The van der Waals surface area contributed by atoms with E-state index < -0.39 is 145 Å². The normalized spacial score (nSPS) is 21.2. The van der Waals surface area contributed by atoms with Gasteiger partial charge < -0.3 is 76.1 Å². The number of phenols is 1. The molecule has 398 valence electrons. The summed E-state index contributed by atoms with van der Waals surface area (Å²) in [5.41, 5.74) is 29.0. The van der Waals surface area contributed by atoms with Crippen molar-refractivity contribution in [1.82, 2.24) is 37.2 Å². The number of rotatable bonds is 21. The number of guanidine groups is 1. The quantitative estimate of drug-likeness (QED) is 0.0244. The molecule has 1 saturated heterocycles. The van der Waals surface area contributed by atoms with Crippen LogP contribution in [0.25, 0.3) is 0 Å². The Hall–Kier alpha value is -7.46. The fraction of sp³-hybridized carbons (Fsp3) is 0.467. The number of aliphatic carboxylic acids is 1. The molecule has 8 atom stereocenters. The highest BCUT2D eigenvalue weighted by atomic mass is 33.1. The number of aromatic hydroxyl groups is 1. The summed E-state index contributed by atoms with van der Waals surface area (Å²) in [4.78, 5) is 150. The van der Waals surface area contributed by atoms with Gasteiger partial charge in [-0.2, -0.15) is 0 Å². The predicted molar refractivity (Wildman–Crippen MR) is 268 cm³/mol. The van der Waals surface area contributed by atoms with E-state index in [4.69, 9.17) is 33.8 Å². The molecule has 1 aliphatic heterocycles. The molecule has 2 aromatic rings. The number of phenolic OH excluding ortho intramolecular Hbond substituents is 1. The van der Waals surface area contributed by atoms with Gasteiger partial charge in [0.2, 0.25) is 53.2 Å². The molecule has 2 aromatic carbocycles. The number of Topliss-reactive ketones (excluding diaryl/α,β-unsaturated/α-hetero) is 1. The van der Waals surface area contributed by atoms with E-state index in [1.54, 1.807) is 30.3 Å². The first-order valence-corrected chi connectivity index (χ1v) is 25.3. The van der Waals surface area contributed by atoms with E-state index in [-0.39, 0.29) is 55.4 Å². The average molecular weight is 1060 g/mol. The summed E-state index contributed by atoms with van der Waals surface area (Å²) in [5, 5.41) is 36.2. The first kappa shape index (κ1) is 59.8. The number of benzene rings is 2. The molecular formula is C45H63N13O13S2. The number of carbonyl (C=O) groups excluding carboxylic acids is 10. The second-order valence-electron chi connectivity index (χ2n) is 16.9. The molecule has 1 heterocycles. The van der Waals surface area contributed by atoms with E-state index in [1.807, 2.05) is 0 Å². The molecule has 0 aliphatic carbocycles. The zero-order valence-electron chi connectivity index (χ0n) is 39.8. The van der Waals surface area contributed by atoms with Crippen molar-refractivity contribution >= 4 is 92.5 Å². The van der Waals surface area contributed by atoms with Crippen LogP contribution in [0.2, 0.25) is 0 Å². The van der Waals surface area contributed by atoms with E-state index in [9.17, 15) is 57.8 Å². The number of carbonyl (C=O) groups is 11. The molecule has 0 radical (unpaired) electrons. The molecule has 26 nitrogen and oxygen atoms in total. The van der Waals surface area contributed by atoms with Gasteiger partial charge in [-0.15, -0.1) is 0 Å². The van der Waals surface area contributed by atoms with E-state index in [1.165, 1.54) is 31.2 Å². The second kappa shape index (κ2) is 30.4. The van der Waals surface area contributed by atoms with E-state index in [0.717, 1.165) is 21.6 Å². The molecule has 1 fully saturated rings. The molecule has 0 unspecified atom stereocenters. The largest absolute Gasteiger partial charge is 0.508 e. The highest BCUT2D eigenvalue weighted by Gasteiger charge is 2.36. The van der Waals surface area contributed by atoms with Gasteiger partial charge in [-0.1, -0.05) is 71.0 Å². The number of primary amides is 2. The standard InChI is InChI=1S/C45H63N13O13S2/c1-23(16-36(62)53-28(8-5-15-51-45(49)50)40(67)52-20-37(63)64)38(65)33-22-73-72-21-27(46)39(66)55-30(18-25-9-11-26(59)12-10-25)43(70)56-31(17-24-6-3-2-4-7-24)42(69)54-29(13-14-34(47)60)41(68)57-32(19-35(48)61)44(71)58-33/h2-4,6-7,9-12,23,27-33,59H,5,8,13-22,46H2,1H3,(H2,47,60)(H2,48,61)(H,52,67)(H,53,62)(H,54,69)(H,55,66)(H,56,70)(H,57,68)(H,58,71)(H,63,64)(H4,49,50,51)/t23-,27+,28-,29+,30+,31-,32-,33-/m0/s1. The summed E-state index contributed by atoms with van der Waals surface area (Å²) < 4.78 is 0. The molecule has 73 heavy (non-hydrogen) atoms. The summed E-state index contributed by atoms with van der Waals surface area (Å²) in [7, 11) is 1.96. The number of aliphatic imine (C=N–C) groups is 1. The van der Waals surface area contributed by atoms with Gasteiger partial charge in [0, 0.05) is 49.7 Å². The number of carboxylic acid groups (broad SMARTS) is 1.